The fourth-order valence-electron chi connectivity index (χ4n) is 3.63. The molecular formula is C20H27N3O2. The van der Waals surface area contributed by atoms with Crippen LogP contribution < -0.4 is 16.0 Å². The van der Waals surface area contributed by atoms with Gasteiger partial charge in [-0.25, -0.2) is 0 Å². The van der Waals surface area contributed by atoms with Gasteiger partial charge in [-0.05, 0) is 49.8 Å². The van der Waals surface area contributed by atoms with Crippen molar-refractivity contribution in [1.29, 1.82) is 0 Å². The summed E-state index contributed by atoms with van der Waals surface area (Å²) in [7, 11) is 0. The number of carbonyl (C=O) groups excluding carboxylic acids is 2. The molecule has 0 aromatic heterocycles. The van der Waals surface area contributed by atoms with E-state index in [9.17, 15) is 9.59 Å². The molecule has 2 unspecified atom stereocenters. The number of rotatable bonds is 5. The molecule has 3 rings (SSSR count). The van der Waals surface area contributed by atoms with Gasteiger partial charge < -0.3 is 16.0 Å². The van der Waals surface area contributed by atoms with Crippen LogP contribution in [-0.4, -0.2) is 24.9 Å². The predicted molar refractivity (Wildman–Crippen MR) is 98.9 cm³/mol. The van der Waals surface area contributed by atoms with Crippen molar-refractivity contribution in [1.82, 2.24) is 5.32 Å². The predicted octanol–water partition coefficient (Wildman–Crippen LogP) is 2.36. The number of nitrogens with one attached hydrogen (secondary N) is 1. The average molecular weight is 341 g/mol. The summed E-state index contributed by atoms with van der Waals surface area (Å²) in [5.41, 5.74) is 7.65. The lowest BCUT2D eigenvalue weighted by molar-refractivity contribution is -0.125. The van der Waals surface area contributed by atoms with Gasteiger partial charge in [0.15, 0.2) is 0 Å². The largest absolute Gasteiger partial charge is 0.371 e. The van der Waals surface area contributed by atoms with Crippen LogP contribution in [0.5, 0.6) is 0 Å². The highest BCUT2D eigenvalue weighted by Gasteiger charge is 2.24. The monoisotopic (exact) mass is 341 g/mol. The standard InChI is InChI=1S/C20H27N3O2/c21-19(24)17-7-4-12-23(14-17)18-10-8-15(9-11-18)13-22-20(25)16-5-2-1-3-6-16/h1-2,8-11,16-17H,3-7,12-14H2,(H2,21,24)(H,22,25). The molecule has 1 heterocycles. The highest BCUT2D eigenvalue weighted by Crippen LogP contribution is 2.23. The lowest BCUT2D eigenvalue weighted by atomic mass is 9.93. The first-order valence-corrected chi connectivity index (χ1v) is 9.19. The smallest absolute Gasteiger partial charge is 0.223 e. The fourth-order valence-corrected chi connectivity index (χ4v) is 3.63. The lowest BCUT2D eigenvalue weighted by Gasteiger charge is -2.33. The van der Waals surface area contributed by atoms with E-state index >= 15 is 0 Å². The third-order valence-corrected chi connectivity index (χ3v) is 5.23. The summed E-state index contributed by atoms with van der Waals surface area (Å²) >= 11 is 0. The quantitative estimate of drug-likeness (QED) is 0.807. The van der Waals surface area contributed by atoms with Gasteiger partial charge in [-0.3, -0.25) is 9.59 Å². The van der Waals surface area contributed by atoms with Gasteiger partial charge in [0.2, 0.25) is 11.8 Å². The molecule has 2 atom stereocenters. The zero-order chi connectivity index (χ0) is 17.6. The molecule has 1 aliphatic heterocycles. The number of allylic oxidation sites excluding steroid dienone is 2. The summed E-state index contributed by atoms with van der Waals surface area (Å²) in [6.07, 6.45) is 8.90. The summed E-state index contributed by atoms with van der Waals surface area (Å²) < 4.78 is 0. The lowest BCUT2D eigenvalue weighted by Crippen LogP contribution is -2.41. The highest BCUT2D eigenvalue weighted by molar-refractivity contribution is 5.79. The molecule has 0 bridgehead atoms. The van der Waals surface area contributed by atoms with E-state index < -0.39 is 0 Å². The first-order valence-electron chi connectivity index (χ1n) is 9.19. The van der Waals surface area contributed by atoms with Crippen molar-refractivity contribution in [2.75, 3.05) is 18.0 Å². The van der Waals surface area contributed by atoms with Gasteiger partial charge in [0.1, 0.15) is 0 Å². The van der Waals surface area contributed by atoms with E-state index in [1.54, 1.807) is 0 Å². The number of piperidine rings is 1. The summed E-state index contributed by atoms with van der Waals surface area (Å²) in [5, 5.41) is 3.04. The summed E-state index contributed by atoms with van der Waals surface area (Å²) in [4.78, 5) is 25.8. The fraction of sp³-hybridized carbons (Fsp3) is 0.500. The van der Waals surface area contributed by atoms with Crippen molar-refractivity contribution in [3.63, 3.8) is 0 Å². The summed E-state index contributed by atoms with van der Waals surface area (Å²) in [6.45, 7) is 2.21. The van der Waals surface area contributed by atoms with Crippen LogP contribution in [0.4, 0.5) is 5.69 Å². The van der Waals surface area contributed by atoms with E-state index in [4.69, 9.17) is 5.73 Å². The molecule has 1 fully saturated rings. The van der Waals surface area contributed by atoms with Crippen molar-refractivity contribution in [3.05, 3.63) is 42.0 Å². The molecule has 2 amide bonds. The highest BCUT2D eigenvalue weighted by atomic mass is 16.2. The van der Waals surface area contributed by atoms with Crippen molar-refractivity contribution >= 4 is 17.5 Å². The third-order valence-electron chi connectivity index (χ3n) is 5.23. The minimum Gasteiger partial charge on any atom is -0.371 e. The van der Waals surface area contributed by atoms with E-state index in [0.717, 1.165) is 49.9 Å². The maximum absolute atomic E-state index is 12.2. The molecule has 1 aliphatic carbocycles. The van der Waals surface area contributed by atoms with E-state index in [1.165, 1.54) is 0 Å². The second kappa shape index (κ2) is 8.19. The molecule has 3 N–H and O–H groups in total. The van der Waals surface area contributed by atoms with Gasteiger partial charge in [0.25, 0.3) is 0 Å². The Morgan fingerprint density at radius 1 is 1.12 bits per heavy atom. The third kappa shape index (κ3) is 4.62. The SMILES string of the molecule is NC(=O)C1CCCN(c2ccc(CNC(=O)C3CC=CCC3)cc2)C1. The molecular weight excluding hydrogens is 314 g/mol. The number of nitrogens with two attached hydrogens (primary N) is 1. The van der Waals surface area contributed by atoms with Crippen LogP contribution in [0.3, 0.4) is 0 Å². The molecule has 134 valence electrons. The molecule has 5 heteroatoms. The molecule has 2 aliphatic rings. The number of benzene rings is 1. The summed E-state index contributed by atoms with van der Waals surface area (Å²) in [5.74, 6) is -0.00374. The Hall–Kier alpha value is -2.30. The van der Waals surface area contributed by atoms with E-state index in [-0.39, 0.29) is 23.7 Å². The molecule has 1 aromatic rings. The van der Waals surface area contributed by atoms with Crippen LogP contribution in [-0.2, 0) is 16.1 Å². The second-order valence-corrected chi connectivity index (χ2v) is 7.05. The summed E-state index contributed by atoms with van der Waals surface area (Å²) in [6, 6.07) is 8.22. The first kappa shape index (κ1) is 17.5. The van der Waals surface area contributed by atoms with Crippen LogP contribution in [0.15, 0.2) is 36.4 Å². The second-order valence-electron chi connectivity index (χ2n) is 7.05. The van der Waals surface area contributed by atoms with Crippen LogP contribution in [0.25, 0.3) is 0 Å². The van der Waals surface area contributed by atoms with Crippen molar-refractivity contribution in [2.45, 2.75) is 38.6 Å². The normalized spacial score (nSPS) is 23.3. The van der Waals surface area contributed by atoms with Crippen molar-refractivity contribution < 1.29 is 9.59 Å². The topological polar surface area (TPSA) is 75.4 Å². The van der Waals surface area contributed by atoms with Gasteiger partial charge in [-0.2, -0.15) is 0 Å². The zero-order valence-electron chi connectivity index (χ0n) is 14.6. The van der Waals surface area contributed by atoms with Gasteiger partial charge in [0.05, 0.1) is 5.92 Å². The average Bonchev–Trinajstić information content (AvgIpc) is 2.67. The minimum atomic E-state index is -0.207. The van der Waals surface area contributed by atoms with E-state index in [0.29, 0.717) is 13.1 Å². The molecule has 5 nitrogen and oxygen atoms in total. The van der Waals surface area contributed by atoms with E-state index in [1.807, 2.05) is 12.1 Å². The first-order chi connectivity index (χ1) is 12.1. The van der Waals surface area contributed by atoms with Crippen LogP contribution in [0.2, 0.25) is 0 Å². The van der Waals surface area contributed by atoms with Gasteiger partial charge >= 0.3 is 0 Å². The number of amides is 2. The Labute approximate surface area is 149 Å². The number of primary amides is 1. The molecule has 0 spiro atoms. The van der Waals surface area contributed by atoms with Crippen LogP contribution >= 0.6 is 0 Å². The van der Waals surface area contributed by atoms with Gasteiger partial charge in [-0.15, -0.1) is 0 Å². The number of nitrogens with zero attached hydrogens (tertiary/aromatic N) is 1. The minimum absolute atomic E-state index is 0.0581. The Balaban J connectivity index is 1.52. The van der Waals surface area contributed by atoms with Crippen molar-refractivity contribution in [3.8, 4) is 0 Å². The Bertz CT molecular complexity index is 639. The number of hydrogen-bond donors (Lipinski definition) is 2. The molecule has 1 aromatic carbocycles. The molecule has 0 radical (unpaired) electrons. The Kier molecular flexibility index (Phi) is 5.74. The maximum Gasteiger partial charge on any atom is 0.223 e. The van der Waals surface area contributed by atoms with E-state index in [2.05, 4.69) is 34.5 Å². The van der Waals surface area contributed by atoms with Crippen LogP contribution in [0.1, 0.15) is 37.7 Å². The maximum atomic E-state index is 12.2. The van der Waals surface area contributed by atoms with Crippen molar-refractivity contribution in [2.24, 2.45) is 17.6 Å². The molecule has 1 saturated heterocycles. The van der Waals surface area contributed by atoms with Gasteiger partial charge in [0, 0.05) is 31.2 Å². The molecule has 0 saturated carbocycles. The number of carbonyl (C=O) groups is 2. The zero-order valence-corrected chi connectivity index (χ0v) is 14.6. The molecule has 25 heavy (non-hydrogen) atoms. The number of hydrogen-bond acceptors (Lipinski definition) is 3. The van der Waals surface area contributed by atoms with Crippen LogP contribution in [0, 0.1) is 11.8 Å². The Morgan fingerprint density at radius 3 is 2.60 bits per heavy atom. The van der Waals surface area contributed by atoms with Gasteiger partial charge in [-0.1, -0.05) is 24.3 Å². The Morgan fingerprint density at radius 2 is 1.92 bits per heavy atom. The number of anilines is 1.